The molecule has 1 atom stereocenters. The summed E-state index contributed by atoms with van der Waals surface area (Å²) in [7, 11) is 1.49. The van der Waals surface area contributed by atoms with Gasteiger partial charge < -0.3 is 0 Å². The molecule has 1 aromatic rings. The third kappa shape index (κ3) is 1.93. The summed E-state index contributed by atoms with van der Waals surface area (Å²) in [5.41, 5.74) is 0. The Morgan fingerprint density at radius 3 is 2.83 bits per heavy atom. The van der Waals surface area contributed by atoms with Crippen LogP contribution in [0.15, 0.2) is 24.3 Å². The molecule has 1 unspecified atom stereocenters. The van der Waals surface area contributed by atoms with Crippen LogP contribution in [0.3, 0.4) is 0 Å². The van der Waals surface area contributed by atoms with E-state index < -0.39 is 19.1 Å². The molecule has 66 valence electrons. The molecule has 0 aliphatic carbocycles. The van der Waals surface area contributed by atoms with Crippen LogP contribution in [0.5, 0.6) is 5.75 Å². The van der Waals surface area contributed by atoms with Crippen molar-refractivity contribution in [2.75, 3.05) is 7.11 Å². The van der Waals surface area contributed by atoms with Crippen molar-refractivity contribution in [3.8, 4) is 5.75 Å². The molecular formula is C9H12O2Se. The average Bonchev–Trinajstić information content (AvgIpc) is 2.15. The van der Waals surface area contributed by atoms with E-state index in [-0.39, 0.29) is 0 Å². The molecule has 1 aromatic carbocycles. The normalized spacial score (nSPS) is 16.2. The van der Waals surface area contributed by atoms with E-state index in [0.29, 0.717) is 10.2 Å². The zero-order valence-electron chi connectivity index (χ0n) is 9.03. The molecule has 0 aliphatic heterocycles. The van der Waals surface area contributed by atoms with E-state index >= 15 is 0 Å². The molecule has 0 aliphatic rings. The quantitative estimate of drug-likeness (QED) is 0.580. The van der Waals surface area contributed by atoms with E-state index in [9.17, 15) is 3.83 Å². The molecule has 0 spiro atoms. The van der Waals surface area contributed by atoms with Crippen LogP contribution in [0.1, 0.15) is 9.67 Å². The number of benzene rings is 1. The van der Waals surface area contributed by atoms with Gasteiger partial charge in [0.15, 0.2) is 0 Å². The fraction of sp³-hybridized carbons (Fsp3) is 0.333. The van der Waals surface area contributed by atoms with Crippen LogP contribution < -0.4 is 9.20 Å². The fourth-order valence-corrected chi connectivity index (χ4v) is 2.47. The van der Waals surface area contributed by atoms with E-state index in [1.54, 1.807) is 24.3 Å². The SMILES string of the molecule is [1H][13C]([1H])(C)[Se](=O)c1ccccc1OC. The Morgan fingerprint density at radius 2 is 2.25 bits per heavy atom. The van der Waals surface area contributed by atoms with Crippen LogP contribution in [0.25, 0.3) is 0 Å². The van der Waals surface area contributed by atoms with Gasteiger partial charge in [-0.2, -0.15) is 0 Å². The number of rotatable bonds is 3. The van der Waals surface area contributed by atoms with Crippen LogP contribution in [0.2, 0.25) is 5.27 Å². The summed E-state index contributed by atoms with van der Waals surface area (Å²) < 4.78 is 32.1. The summed E-state index contributed by atoms with van der Waals surface area (Å²) in [6, 6.07) is 6.84. The molecule has 0 amide bonds. The maximum absolute atomic E-state index is 11.8. The van der Waals surface area contributed by atoms with Crippen LogP contribution in [-0.4, -0.2) is 20.9 Å². The van der Waals surface area contributed by atoms with Crippen molar-refractivity contribution in [1.82, 2.24) is 0 Å². The number of methoxy groups -OCH3 is 1. The number of para-hydroxylation sites is 1. The van der Waals surface area contributed by atoms with Crippen molar-refractivity contribution < 1.29 is 11.3 Å². The molecule has 0 heterocycles. The zero-order chi connectivity index (χ0) is 10.8. The summed E-state index contributed by atoms with van der Waals surface area (Å²) in [5.74, 6) is 0.498. The Labute approximate surface area is 79.4 Å². The zero-order valence-corrected chi connectivity index (χ0v) is 8.75. The number of ether oxygens (including phenoxy) is 1. The third-order valence-electron chi connectivity index (χ3n) is 1.45. The van der Waals surface area contributed by atoms with Gasteiger partial charge in [0.1, 0.15) is 0 Å². The molecule has 0 saturated carbocycles. The van der Waals surface area contributed by atoms with Crippen molar-refractivity contribution >= 4 is 18.3 Å². The standard InChI is InChI=1S/C9H12O2Se/c1-3-12(10)9-7-5-4-6-8(9)11-2/h4-7H,3H2,1-2H3/i3+1H2. The third-order valence-corrected chi connectivity index (χ3v) is 3.78. The van der Waals surface area contributed by atoms with Crippen LogP contribution in [0, 0.1) is 0 Å². The Kier molecular flexibility index (Phi) is 2.49. The molecule has 3 heteroatoms. The molecule has 2 nitrogen and oxygen atoms in total. The second-order valence-corrected chi connectivity index (χ2v) is 5.03. The minimum atomic E-state index is -2.70. The van der Waals surface area contributed by atoms with Gasteiger partial charge in [-0.25, -0.2) is 0 Å². The minimum absolute atomic E-state index is 0.488. The van der Waals surface area contributed by atoms with Crippen molar-refractivity contribution in [2.45, 2.75) is 12.2 Å². The predicted molar refractivity (Wildman–Crippen MR) is 49.5 cm³/mol. The molecule has 0 fully saturated rings. The van der Waals surface area contributed by atoms with Gasteiger partial charge in [0.2, 0.25) is 0 Å². The Hall–Kier alpha value is -0.661. The Balaban J connectivity index is 3.13. The van der Waals surface area contributed by atoms with E-state index in [1.165, 1.54) is 14.0 Å². The van der Waals surface area contributed by atoms with Crippen molar-refractivity contribution in [3.63, 3.8) is 0 Å². The summed E-state index contributed by atoms with van der Waals surface area (Å²) in [6.07, 6.45) is 0. The van der Waals surface area contributed by atoms with Gasteiger partial charge in [-0.3, -0.25) is 0 Å². The van der Waals surface area contributed by atoms with Gasteiger partial charge in [-0.05, 0) is 0 Å². The van der Waals surface area contributed by atoms with Gasteiger partial charge in [0.25, 0.3) is 0 Å². The Bertz CT molecular complexity index is 347. The van der Waals surface area contributed by atoms with Crippen LogP contribution in [-0.2, 0) is 3.83 Å². The molecule has 0 aromatic heterocycles. The summed E-state index contributed by atoms with van der Waals surface area (Å²) in [6.45, 7) is 1.33. The number of hydrogen-bond donors (Lipinski definition) is 0. The molecule has 0 N–H and O–H groups in total. The number of hydrogen-bond acceptors (Lipinski definition) is 2. The first-order valence-electron chi connectivity index (χ1n) is 4.51. The van der Waals surface area contributed by atoms with Gasteiger partial charge in [-0.1, -0.05) is 0 Å². The van der Waals surface area contributed by atoms with Gasteiger partial charge in [0.05, 0.1) is 0 Å². The summed E-state index contributed by atoms with van der Waals surface area (Å²) in [5, 5.41) is -1.66. The second-order valence-electron chi connectivity index (χ2n) is 2.12. The molecule has 1 rings (SSSR count). The van der Waals surface area contributed by atoms with Crippen LogP contribution >= 0.6 is 0 Å². The van der Waals surface area contributed by atoms with E-state index in [4.69, 9.17) is 7.48 Å². The van der Waals surface area contributed by atoms with E-state index in [1.807, 2.05) is 0 Å². The van der Waals surface area contributed by atoms with Crippen molar-refractivity contribution in [2.24, 2.45) is 0 Å². The van der Waals surface area contributed by atoms with Crippen LogP contribution in [0.4, 0.5) is 0 Å². The van der Waals surface area contributed by atoms with Gasteiger partial charge in [0, 0.05) is 0 Å². The molecule has 12 heavy (non-hydrogen) atoms. The van der Waals surface area contributed by atoms with Gasteiger partial charge in [-0.15, -0.1) is 0 Å². The first-order valence-corrected chi connectivity index (χ1v) is 5.93. The van der Waals surface area contributed by atoms with Crippen molar-refractivity contribution in [1.29, 1.82) is 0 Å². The molecule has 0 saturated heterocycles. The first kappa shape index (κ1) is 6.81. The van der Waals surface area contributed by atoms with E-state index in [0.717, 1.165) is 0 Å². The first-order chi connectivity index (χ1) is 6.46. The van der Waals surface area contributed by atoms with Gasteiger partial charge >= 0.3 is 78.9 Å². The van der Waals surface area contributed by atoms with E-state index in [2.05, 4.69) is 0 Å². The monoisotopic (exact) mass is 233 g/mol. The topological polar surface area (TPSA) is 26.3 Å². The van der Waals surface area contributed by atoms with Crippen molar-refractivity contribution in [3.05, 3.63) is 24.3 Å². The summed E-state index contributed by atoms with van der Waals surface area (Å²) >= 11 is -2.70. The predicted octanol–water partition coefficient (Wildman–Crippen LogP) is 1.34. The average molecular weight is 232 g/mol. The Morgan fingerprint density at radius 1 is 1.58 bits per heavy atom. The second kappa shape index (κ2) is 4.39. The maximum atomic E-state index is 11.8. The fourth-order valence-electron chi connectivity index (χ4n) is 0.882. The molecular weight excluding hydrogens is 220 g/mol. The molecule has 0 radical (unpaired) electrons. The molecule has 0 bridgehead atoms. The summed E-state index contributed by atoms with van der Waals surface area (Å²) in [4.78, 5) is 0.